The number of hydrogen-bond acceptors (Lipinski definition) is 9. The summed E-state index contributed by atoms with van der Waals surface area (Å²) in [5.41, 5.74) is 1.29. The van der Waals surface area contributed by atoms with Crippen molar-refractivity contribution in [1.29, 1.82) is 0 Å². The van der Waals surface area contributed by atoms with Gasteiger partial charge in [-0.15, -0.1) is 0 Å². The maximum Gasteiger partial charge on any atom is 0.363 e. The quantitative estimate of drug-likeness (QED) is 0.155. The van der Waals surface area contributed by atoms with Crippen LogP contribution in [0.4, 0.5) is 11.4 Å². The van der Waals surface area contributed by atoms with Gasteiger partial charge in [0.15, 0.2) is 17.2 Å². The lowest BCUT2D eigenvalue weighted by Gasteiger charge is -2.14. The molecule has 11 nitrogen and oxygen atoms in total. The first-order valence-electron chi connectivity index (χ1n) is 10.8. The number of nitrogens with zero attached hydrogens (tertiary/aromatic N) is 3. The van der Waals surface area contributed by atoms with Crippen LogP contribution >= 0.6 is 11.6 Å². The molecule has 0 radical (unpaired) electrons. The maximum atomic E-state index is 12.4. The molecular weight excluding hydrogens is 506 g/mol. The van der Waals surface area contributed by atoms with Crippen LogP contribution in [0.2, 0.25) is 5.02 Å². The van der Waals surface area contributed by atoms with Crippen LogP contribution in [0.25, 0.3) is 6.08 Å². The Morgan fingerprint density at radius 1 is 1.00 bits per heavy atom. The van der Waals surface area contributed by atoms with Crippen LogP contribution in [0.5, 0.6) is 11.5 Å². The molecule has 12 heteroatoms. The van der Waals surface area contributed by atoms with Crippen LogP contribution in [0.3, 0.4) is 0 Å². The highest BCUT2D eigenvalue weighted by atomic mass is 35.5. The van der Waals surface area contributed by atoms with E-state index >= 15 is 0 Å². The molecule has 0 saturated heterocycles. The van der Waals surface area contributed by atoms with E-state index in [1.807, 2.05) is 0 Å². The van der Waals surface area contributed by atoms with Gasteiger partial charge in [-0.2, -0.15) is 0 Å². The van der Waals surface area contributed by atoms with Crippen LogP contribution in [-0.4, -0.2) is 28.3 Å². The Hall–Kier alpha value is -4.77. The fraction of sp³-hybridized carbons (Fsp3) is 0.120. The van der Waals surface area contributed by atoms with Gasteiger partial charge in [-0.25, -0.2) is 9.79 Å². The lowest BCUT2D eigenvalue weighted by Crippen LogP contribution is -2.05. The van der Waals surface area contributed by atoms with Gasteiger partial charge >= 0.3 is 5.97 Å². The lowest BCUT2D eigenvalue weighted by molar-refractivity contribution is -0.385. The van der Waals surface area contributed by atoms with E-state index < -0.39 is 15.8 Å². The van der Waals surface area contributed by atoms with Crippen molar-refractivity contribution in [2.24, 2.45) is 4.99 Å². The first kappa shape index (κ1) is 25.3. The minimum Gasteiger partial charge on any atom is -0.490 e. The summed E-state index contributed by atoms with van der Waals surface area (Å²) in [6, 6.07) is 14.6. The van der Waals surface area contributed by atoms with Gasteiger partial charge in [0.1, 0.15) is 6.61 Å². The number of esters is 1. The molecule has 0 atom stereocenters. The van der Waals surface area contributed by atoms with E-state index in [1.54, 1.807) is 31.2 Å². The molecule has 37 heavy (non-hydrogen) atoms. The molecule has 0 saturated carbocycles. The molecule has 188 valence electrons. The van der Waals surface area contributed by atoms with Crippen molar-refractivity contribution in [3.63, 3.8) is 0 Å². The van der Waals surface area contributed by atoms with Gasteiger partial charge in [-0.1, -0.05) is 23.7 Å². The van der Waals surface area contributed by atoms with Gasteiger partial charge in [0.25, 0.3) is 11.4 Å². The summed E-state index contributed by atoms with van der Waals surface area (Å²) < 4.78 is 16.7. The van der Waals surface area contributed by atoms with E-state index in [9.17, 15) is 25.0 Å². The summed E-state index contributed by atoms with van der Waals surface area (Å²) in [5.74, 6) is -0.146. The van der Waals surface area contributed by atoms with E-state index in [0.29, 0.717) is 29.0 Å². The van der Waals surface area contributed by atoms with Crippen molar-refractivity contribution in [2.75, 3.05) is 6.61 Å². The summed E-state index contributed by atoms with van der Waals surface area (Å²) in [4.78, 5) is 37.4. The van der Waals surface area contributed by atoms with Crippen molar-refractivity contribution >= 4 is 40.9 Å². The summed E-state index contributed by atoms with van der Waals surface area (Å²) in [5, 5.41) is 22.0. The van der Waals surface area contributed by atoms with Gasteiger partial charge in [0, 0.05) is 29.8 Å². The third-order valence-corrected chi connectivity index (χ3v) is 5.37. The number of rotatable bonds is 9. The van der Waals surface area contributed by atoms with E-state index in [2.05, 4.69) is 4.99 Å². The predicted octanol–water partition coefficient (Wildman–Crippen LogP) is 5.48. The zero-order valence-corrected chi connectivity index (χ0v) is 20.0. The van der Waals surface area contributed by atoms with Crippen molar-refractivity contribution in [2.45, 2.75) is 13.5 Å². The monoisotopic (exact) mass is 523 g/mol. The molecule has 0 spiro atoms. The number of halogens is 1. The molecular formula is C25H18ClN3O8. The third kappa shape index (κ3) is 5.90. The predicted molar refractivity (Wildman–Crippen MR) is 134 cm³/mol. The smallest absolute Gasteiger partial charge is 0.363 e. The van der Waals surface area contributed by atoms with Crippen molar-refractivity contribution < 1.29 is 28.9 Å². The Balaban J connectivity index is 1.59. The van der Waals surface area contributed by atoms with Crippen molar-refractivity contribution in [3.05, 3.63) is 108 Å². The number of carbonyl (C=O) groups is 1. The third-order valence-electron chi connectivity index (χ3n) is 5.09. The molecule has 0 aromatic heterocycles. The first-order chi connectivity index (χ1) is 17.7. The number of non-ortho nitro benzene ring substituents is 2. The van der Waals surface area contributed by atoms with Crippen LogP contribution < -0.4 is 9.47 Å². The van der Waals surface area contributed by atoms with Crippen LogP contribution in [0.1, 0.15) is 23.6 Å². The largest absolute Gasteiger partial charge is 0.490 e. The number of benzene rings is 3. The van der Waals surface area contributed by atoms with Gasteiger partial charge in [-0.05, 0) is 48.4 Å². The fourth-order valence-electron chi connectivity index (χ4n) is 3.41. The van der Waals surface area contributed by atoms with E-state index in [4.69, 9.17) is 25.8 Å². The molecule has 1 aliphatic heterocycles. The Labute approximate surface area is 214 Å². The highest BCUT2D eigenvalue weighted by Gasteiger charge is 2.25. The Kier molecular flexibility index (Phi) is 7.44. The normalized spacial score (nSPS) is 13.7. The average Bonchev–Trinajstić information content (AvgIpc) is 3.23. The molecule has 3 aromatic carbocycles. The maximum absolute atomic E-state index is 12.4. The number of cyclic esters (lactones) is 1. The molecule has 0 aliphatic carbocycles. The number of aliphatic imine (C=N–C) groups is 1. The van der Waals surface area contributed by atoms with E-state index in [0.717, 1.165) is 0 Å². The van der Waals surface area contributed by atoms with Gasteiger partial charge < -0.3 is 14.2 Å². The molecule has 4 rings (SSSR count). The van der Waals surface area contributed by atoms with Gasteiger partial charge in [-0.3, -0.25) is 20.2 Å². The Bertz CT molecular complexity index is 1450. The molecule has 0 N–H and O–H groups in total. The Morgan fingerprint density at radius 3 is 2.41 bits per heavy atom. The number of ether oxygens (including phenoxy) is 3. The van der Waals surface area contributed by atoms with Gasteiger partial charge in [0.2, 0.25) is 5.90 Å². The van der Waals surface area contributed by atoms with Gasteiger partial charge in [0.05, 0.1) is 21.5 Å². The van der Waals surface area contributed by atoms with Crippen molar-refractivity contribution in [3.8, 4) is 11.5 Å². The molecule has 0 bridgehead atoms. The van der Waals surface area contributed by atoms with Crippen molar-refractivity contribution in [1.82, 2.24) is 0 Å². The zero-order valence-electron chi connectivity index (χ0n) is 19.3. The first-order valence-corrected chi connectivity index (χ1v) is 11.2. The summed E-state index contributed by atoms with van der Waals surface area (Å²) >= 11 is 6.46. The molecule has 0 fully saturated rings. The summed E-state index contributed by atoms with van der Waals surface area (Å²) in [7, 11) is 0. The molecule has 1 aliphatic rings. The topological polar surface area (TPSA) is 143 Å². The summed E-state index contributed by atoms with van der Waals surface area (Å²) in [6.07, 6.45) is 1.46. The summed E-state index contributed by atoms with van der Waals surface area (Å²) in [6.45, 7) is 2.09. The Morgan fingerprint density at radius 2 is 1.73 bits per heavy atom. The number of carbonyl (C=O) groups excluding carboxylic acids is 1. The SMILES string of the molecule is CCOc1cc(/C=C2\N=C(c3ccc([N+](=O)[O-])cc3)OC2=O)cc(Cl)c1OCc1cccc([N+](=O)[O-])c1. The molecule has 1 heterocycles. The average molecular weight is 524 g/mol. The molecule has 3 aromatic rings. The number of nitro benzene ring substituents is 2. The van der Waals surface area contributed by atoms with Crippen LogP contribution in [0.15, 0.2) is 71.4 Å². The lowest BCUT2D eigenvalue weighted by atomic mass is 10.1. The van der Waals surface area contributed by atoms with Crippen LogP contribution in [-0.2, 0) is 16.1 Å². The highest BCUT2D eigenvalue weighted by molar-refractivity contribution is 6.32. The number of hydrogen-bond donors (Lipinski definition) is 0. The van der Waals surface area contributed by atoms with Crippen LogP contribution in [0, 0.1) is 20.2 Å². The minimum absolute atomic E-state index is 0.00266. The minimum atomic E-state index is -0.701. The zero-order chi connectivity index (χ0) is 26.5. The van der Waals surface area contributed by atoms with E-state index in [-0.39, 0.29) is 40.3 Å². The number of nitro groups is 2. The molecule has 0 unspecified atom stereocenters. The molecule has 0 amide bonds. The standard InChI is InChI=1S/C25H18ClN3O8/c1-2-35-22-13-16(11-20(26)23(22)36-14-15-4-3-5-19(10-15)29(33)34)12-21-25(30)37-24(27-21)17-6-8-18(9-7-17)28(31)32/h3-13H,2,14H2,1H3/b21-12-. The van der Waals surface area contributed by atoms with E-state index in [1.165, 1.54) is 42.5 Å². The second-order valence-corrected chi connectivity index (χ2v) is 8.03. The second-order valence-electron chi connectivity index (χ2n) is 7.62. The second kappa shape index (κ2) is 10.9. The highest BCUT2D eigenvalue weighted by Crippen LogP contribution is 2.38. The fourth-order valence-corrected chi connectivity index (χ4v) is 3.68.